The minimum Gasteiger partial charge on any atom is -0.490 e. The first-order valence-electron chi connectivity index (χ1n) is 14.6. The molecule has 2 N–H and O–H groups in total. The number of halogens is 2. The van der Waals surface area contributed by atoms with E-state index in [4.69, 9.17) is 19.6 Å². The summed E-state index contributed by atoms with van der Waals surface area (Å²) in [6, 6.07) is 3.57. The maximum absolute atomic E-state index is 13.4. The second kappa shape index (κ2) is 15.1. The molecule has 0 aliphatic carbocycles. The monoisotopic (exact) mass is 622 g/mol. The highest BCUT2D eigenvalue weighted by Crippen LogP contribution is 2.35. The summed E-state index contributed by atoms with van der Waals surface area (Å²) in [4.78, 5) is 49.2. The van der Waals surface area contributed by atoms with E-state index in [0.29, 0.717) is 51.0 Å². The molecule has 0 radical (unpaired) electrons. The van der Waals surface area contributed by atoms with Gasteiger partial charge in [-0.1, -0.05) is 0 Å². The third-order valence-electron chi connectivity index (χ3n) is 7.57. The van der Waals surface area contributed by atoms with Gasteiger partial charge in [0.2, 0.25) is 11.8 Å². The third kappa shape index (κ3) is 8.34. The largest absolute Gasteiger partial charge is 0.490 e. The number of piperazine rings is 2. The van der Waals surface area contributed by atoms with Gasteiger partial charge in [0.15, 0.2) is 23.0 Å². The molecule has 13 nitrogen and oxygen atoms in total. The number of likely N-dealkylation sites (N-methyl/N-ethyl adjacent to an activating group) is 1. The van der Waals surface area contributed by atoms with E-state index in [2.05, 4.69) is 14.6 Å². The van der Waals surface area contributed by atoms with Crippen molar-refractivity contribution in [3.63, 3.8) is 0 Å². The third-order valence-corrected chi connectivity index (χ3v) is 7.57. The van der Waals surface area contributed by atoms with E-state index < -0.39 is 24.7 Å². The van der Waals surface area contributed by atoms with E-state index in [0.717, 1.165) is 13.1 Å². The molecule has 2 aliphatic rings. The molecule has 0 unspecified atom stereocenters. The maximum Gasteiger partial charge on any atom is 0.409 e. The van der Waals surface area contributed by atoms with Crippen molar-refractivity contribution >= 4 is 17.9 Å². The summed E-state index contributed by atoms with van der Waals surface area (Å²) in [5.41, 5.74) is 6.49. The molecule has 1 aromatic heterocycles. The van der Waals surface area contributed by atoms with Crippen molar-refractivity contribution < 1.29 is 41.8 Å². The lowest BCUT2D eigenvalue weighted by molar-refractivity contribution is -0.132. The van der Waals surface area contributed by atoms with Gasteiger partial charge in [0.25, 0.3) is 5.91 Å². The van der Waals surface area contributed by atoms with E-state index in [1.165, 1.54) is 30.2 Å². The Hall–Kier alpha value is -3.98. The second-order valence-corrected chi connectivity index (χ2v) is 10.8. The number of nitrogens with two attached hydrogens (primary N) is 1. The fraction of sp³-hybridized carbons (Fsp3) is 0.586. The van der Waals surface area contributed by atoms with Gasteiger partial charge in [0.1, 0.15) is 0 Å². The molecule has 15 heteroatoms. The van der Waals surface area contributed by atoms with Crippen LogP contribution >= 0.6 is 0 Å². The summed E-state index contributed by atoms with van der Waals surface area (Å²) in [5, 5.41) is 0. The van der Waals surface area contributed by atoms with Crippen LogP contribution in [0.15, 0.2) is 22.6 Å². The molecule has 2 fully saturated rings. The van der Waals surface area contributed by atoms with Crippen LogP contribution in [0.5, 0.6) is 11.5 Å². The van der Waals surface area contributed by atoms with Crippen molar-refractivity contribution in [2.45, 2.75) is 38.8 Å². The SMILES string of the molecule is COC(=O)N1CCN(C(=O)c2nc(-c3ccc(OC(F)F)c(OCCCCC(=O)N4CCN(C)CC4)c3)oc2[C@H](C)N)CC1. The van der Waals surface area contributed by atoms with Crippen LogP contribution in [0.3, 0.4) is 0 Å². The Morgan fingerprint density at radius 1 is 0.977 bits per heavy atom. The van der Waals surface area contributed by atoms with Gasteiger partial charge in [0, 0.05) is 64.3 Å². The highest BCUT2D eigenvalue weighted by Gasteiger charge is 2.31. The number of oxazole rings is 1. The Bertz CT molecular complexity index is 1290. The molecule has 2 aliphatic heterocycles. The predicted octanol–water partition coefficient (Wildman–Crippen LogP) is 2.81. The lowest BCUT2D eigenvalue weighted by atomic mass is 10.2. The molecule has 3 amide bonds. The highest BCUT2D eigenvalue weighted by molar-refractivity contribution is 5.94. The van der Waals surface area contributed by atoms with Crippen molar-refractivity contribution in [2.75, 3.05) is 73.1 Å². The number of rotatable bonds is 11. The lowest BCUT2D eigenvalue weighted by Gasteiger charge is -2.33. The lowest BCUT2D eigenvalue weighted by Crippen LogP contribution is -2.50. The number of benzene rings is 1. The zero-order valence-electron chi connectivity index (χ0n) is 25.3. The number of methoxy groups -OCH3 is 1. The van der Waals surface area contributed by atoms with E-state index in [-0.39, 0.29) is 54.4 Å². The molecule has 1 atom stereocenters. The molecule has 44 heavy (non-hydrogen) atoms. The molecule has 3 heterocycles. The van der Waals surface area contributed by atoms with Crippen molar-refractivity contribution in [1.82, 2.24) is 24.6 Å². The Morgan fingerprint density at radius 3 is 2.27 bits per heavy atom. The molecule has 0 bridgehead atoms. The molecule has 2 aromatic rings. The zero-order chi connectivity index (χ0) is 31.8. The van der Waals surface area contributed by atoms with Crippen LogP contribution in [0.2, 0.25) is 0 Å². The standard InChI is InChI=1S/C29H40F2N6O7/c1-19(32)25-24(27(39)36-13-15-37(16-14-36)29(40)41-3)33-26(44-25)20-7-8-21(43-28(30)31)22(18-20)42-17-5-4-6-23(38)35-11-9-34(2)10-12-35/h7-8,18-19,28H,4-6,9-17,32H2,1-3H3/t19-/m0/s1. The average Bonchev–Trinajstić information content (AvgIpc) is 3.47. The number of hydrogen-bond donors (Lipinski definition) is 1. The molecule has 4 rings (SSSR count). The fourth-order valence-corrected chi connectivity index (χ4v) is 5.01. The van der Waals surface area contributed by atoms with Gasteiger partial charge in [-0.05, 0) is 45.0 Å². The molecular weight excluding hydrogens is 582 g/mol. The Kier molecular flexibility index (Phi) is 11.3. The van der Waals surface area contributed by atoms with Crippen LogP contribution in [0.1, 0.15) is 48.5 Å². The predicted molar refractivity (Wildman–Crippen MR) is 154 cm³/mol. The van der Waals surface area contributed by atoms with Crippen LogP contribution in [0.25, 0.3) is 11.5 Å². The van der Waals surface area contributed by atoms with Crippen LogP contribution in [-0.2, 0) is 9.53 Å². The number of alkyl halides is 2. The van der Waals surface area contributed by atoms with Gasteiger partial charge in [-0.2, -0.15) is 8.78 Å². The quantitative estimate of drug-likeness (QED) is 0.372. The number of ether oxygens (including phenoxy) is 3. The minimum atomic E-state index is -3.07. The molecule has 0 spiro atoms. The number of amides is 3. The maximum atomic E-state index is 13.4. The number of carbonyl (C=O) groups is 3. The Morgan fingerprint density at radius 2 is 1.64 bits per heavy atom. The van der Waals surface area contributed by atoms with Gasteiger partial charge in [0.05, 0.1) is 19.8 Å². The topological polar surface area (TPSA) is 144 Å². The van der Waals surface area contributed by atoms with E-state index in [1.807, 2.05) is 11.9 Å². The van der Waals surface area contributed by atoms with Crippen molar-refractivity contribution in [2.24, 2.45) is 5.73 Å². The van der Waals surface area contributed by atoms with Gasteiger partial charge in [-0.25, -0.2) is 9.78 Å². The van der Waals surface area contributed by atoms with Gasteiger partial charge in [-0.15, -0.1) is 0 Å². The zero-order valence-corrected chi connectivity index (χ0v) is 25.3. The number of unbranched alkanes of at least 4 members (excludes halogenated alkanes) is 1. The van der Waals surface area contributed by atoms with Gasteiger partial charge < -0.3 is 44.0 Å². The summed E-state index contributed by atoms with van der Waals surface area (Å²) in [6.07, 6.45) is 1.01. The second-order valence-electron chi connectivity index (χ2n) is 10.8. The van der Waals surface area contributed by atoms with E-state index >= 15 is 0 Å². The first kappa shape index (κ1) is 32.9. The summed E-state index contributed by atoms with van der Waals surface area (Å²) >= 11 is 0. The summed E-state index contributed by atoms with van der Waals surface area (Å²) in [6.45, 7) is 2.99. The molecule has 242 valence electrons. The molecule has 2 saturated heterocycles. The Labute approximate surface area is 254 Å². The fourth-order valence-electron chi connectivity index (χ4n) is 5.01. The van der Waals surface area contributed by atoms with Crippen molar-refractivity contribution in [1.29, 1.82) is 0 Å². The number of aromatic nitrogens is 1. The van der Waals surface area contributed by atoms with Crippen LogP contribution in [-0.4, -0.2) is 122 Å². The molecular formula is C29H40F2N6O7. The summed E-state index contributed by atoms with van der Waals surface area (Å²) in [7, 11) is 3.32. The number of nitrogens with zero attached hydrogens (tertiary/aromatic N) is 5. The minimum absolute atomic E-state index is 0.0295. The Balaban J connectivity index is 1.43. The molecule has 1 aromatic carbocycles. The smallest absolute Gasteiger partial charge is 0.409 e. The van der Waals surface area contributed by atoms with Crippen molar-refractivity contribution in [3.05, 3.63) is 29.7 Å². The van der Waals surface area contributed by atoms with Crippen LogP contribution < -0.4 is 15.2 Å². The van der Waals surface area contributed by atoms with E-state index in [9.17, 15) is 23.2 Å². The van der Waals surface area contributed by atoms with Gasteiger partial charge >= 0.3 is 12.7 Å². The summed E-state index contributed by atoms with van der Waals surface area (Å²) < 4.78 is 47.3. The van der Waals surface area contributed by atoms with E-state index in [1.54, 1.807) is 11.8 Å². The normalized spacial score (nSPS) is 16.7. The summed E-state index contributed by atoms with van der Waals surface area (Å²) in [5.74, 6) is -0.221. The molecule has 0 saturated carbocycles. The van der Waals surface area contributed by atoms with Crippen LogP contribution in [0, 0.1) is 0 Å². The number of hydrogen-bond acceptors (Lipinski definition) is 10. The van der Waals surface area contributed by atoms with Crippen molar-refractivity contribution in [3.8, 4) is 23.0 Å². The average molecular weight is 623 g/mol. The van der Waals surface area contributed by atoms with Crippen LogP contribution in [0.4, 0.5) is 13.6 Å². The first-order chi connectivity index (χ1) is 21.1. The van der Waals surface area contributed by atoms with Gasteiger partial charge in [-0.3, -0.25) is 9.59 Å². The first-order valence-corrected chi connectivity index (χ1v) is 14.6. The highest BCUT2D eigenvalue weighted by atomic mass is 19.3. The number of carbonyl (C=O) groups excluding carboxylic acids is 3.